The number of nitrogens with one attached hydrogen (secondary N) is 1. The Hall–Kier alpha value is -2.14. The summed E-state index contributed by atoms with van der Waals surface area (Å²) in [6, 6.07) is 9.89. The second-order valence-electron chi connectivity index (χ2n) is 5.28. The Balaban J connectivity index is 1.71. The van der Waals surface area contributed by atoms with Gasteiger partial charge < -0.3 is 15.0 Å². The minimum Gasteiger partial charge on any atom is -0.380 e. The zero-order valence-corrected chi connectivity index (χ0v) is 12.5. The minimum absolute atomic E-state index is 0.179. The highest BCUT2D eigenvalue weighted by Crippen LogP contribution is 2.24. The minimum atomic E-state index is -0.179. The van der Waals surface area contributed by atoms with E-state index in [-0.39, 0.29) is 5.91 Å². The van der Waals surface area contributed by atoms with E-state index in [1.165, 1.54) is 12.1 Å². The van der Waals surface area contributed by atoms with Crippen molar-refractivity contribution in [2.24, 2.45) is 0 Å². The molecule has 1 aliphatic rings. The molecule has 0 aliphatic carbocycles. The second kappa shape index (κ2) is 6.75. The van der Waals surface area contributed by atoms with Crippen molar-refractivity contribution in [1.82, 2.24) is 10.3 Å². The molecule has 5 heteroatoms. The van der Waals surface area contributed by atoms with Gasteiger partial charge in [-0.05, 0) is 37.6 Å². The number of carbonyl (C=O) groups excluding carboxylic acids is 1. The van der Waals surface area contributed by atoms with Crippen LogP contribution in [0.15, 0.2) is 30.3 Å². The van der Waals surface area contributed by atoms with Crippen molar-refractivity contribution in [3.8, 4) is 0 Å². The first-order valence-corrected chi connectivity index (χ1v) is 7.59. The lowest BCUT2D eigenvalue weighted by Crippen LogP contribution is -2.36. The van der Waals surface area contributed by atoms with E-state index in [0.29, 0.717) is 25.5 Å². The van der Waals surface area contributed by atoms with Crippen LogP contribution in [-0.2, 0) is 4.74 Å². The van der Waals surface area contributed by atoms with Gasteiger partial charge in [0.25, 0.3) is 5.91 Å². The van der Waals surface area contributed by atoms with Crippen molar-refractivity contribution in [3.63, 3.8) is 0 Å². The summed E-state index contributed by atoms with van der Waals surface area (Å²) in [5.74, 6) is -0.179. The van der Waals surface area contributed by atoms with Gasteiger partial charge in [0.15, 0.2) is 0 Å². The summed E-state index contributed by atoms with van der Waals surface area (Å²) in [6.07, 6.45) is 1.26. The second-order valence-corrected chi connectivity index (χ2v) is 5.28. The van der Waals surface area contributed by atoms with Crippen molar-refractivity contribution in [3.05, 3.63) is 42.9 Å². The number of anilines is 1. The zero-order valence-electron chi connectivity index (χ0n) is 12.5. The number of hydrogen-bond donors (Lipinski definition) is 1. The normalized spacial score (nSPS) is 14.0. The average Bonchev–Trinajstić information content (AvgIpc) is 2.49. The van der Waals surface area contributed by atoms with E-state index < -0.39 is 0 Å². The maximum Gasteiger partial charge on any atom is 0.269 e. The molecule has 115 valence electrons. The quantitative estimate of drug-likeness (QED) is 0.829. The van der Waals surface area contributed by atoms with E-state index in [0.717, 1.165) is 24.0 Å². The Morgan fingerprint density at radius 3 is 2.91 bits per heavy atom. The van der Waals surface area contributed by atoms with Crippen LogP contribution in [0.25, 0.3) is 10.9 Å². The monoisotopic (exact) mass is 298 g/mol. The van der Waals surface area contributed by atoms with Gasteiger partial charge in [-0.2, -0.15) is 0 Å². The zero-order chi connectivity index (χ0) is 15.4. The summed E-state index contributed by atoms with van der Waals surface area (Å²) in [5, 5.41) is 3.84. The third-order valence-corrected chi connectivity index (χ3v) is 3.80. The first-order valence-electron chi connectivity index (χ1n) is 7.59. The maximum atomic E-state index is 12.0. The summed E-state index contributed by atoms with van der Waals surface area (Å²) >= 11 is 0. The van der Waals surface area contributed by atoms with Gasteiger partial charge in [-0.25, -0.2) is 4.98 Å². The predicted octanol–water partition coefficient (Wildman–Crippen LogP) is 2.03. The third kappa shape index (κ3) is 3.20. The van der Waals surface area contributed by atoms with Crippen LogP contribution in [0, 0.1) is 6.92 Å². The van der Waals surface area contributed by atoms with Gasteiger partial charge in [-0.15, -0.1) is 0 Å². The fourth-order valence-corrected chi connectivity index (χ4v) is 2.44. The lowest BCUT2D eigenvalue weighted by atomic mass is 10.1. The first kappa shape index (κ1) is 14.8. The maximum absolute atomic E-state index is 12.0. The van der Waals surface area contributed by atoms with Gasteiger partial charge in [0.05, 0.1) is 12.1 Å². The van der Waals surface area contributed by atoms with E-state index in [9.17, 15) is 4.79 Å². The Bertz CT molecular complexity index is 668. The molecule has 22 heavy (non-hydrogen) atoms. The molecule has 0 spiro atoms. The summed E-state index contributed by atoms with van der Waals surface area (Å²) < 4.78 is 5.09. The van der Waals surface area contributed by atoms with Crippen molar-refractivity contribution >= 4 is 22.5 Å². The van der Waals surface area contributed by atoms with Gasteiger partial charge >= 0.3 is 0 Å². The van der Waals surface area contributed by atoms with Crippen LogP contribution >= 0.6 is 0 Å². The molecule has 1 amide bonds. The standard InChI is InChI=1S/C17H20N3O2/c1-2-22-11-8-18-17(21)16-6-4-13-12-14(20-9-3-10-20)5-7-15(13)19-16/h4-7,12H,1-3,8-11H2,(H,18,21). The largest absolute Gasteiger partial charge is 0.380 e. The van der Waals surface area contributed by atoms with E-state index in [4.69, 9.17) is 4.74 Å². The Morgan fingerprint density at radius 1 is 1.32 bits per heavy atom. The summed E-state index contributed by atoms with van der Waals surface area (Å²) in [7, 11) is 0. The van der Waals surface area contributed by atoms with E-state index in [2.05, 4.69) is 34.3 Å². The van der Waals surface area contributed by atoms with Gasteiger partial charge in [0.2, 0.25) is 0 Å². The van der Waals surface area contributed by atoms with Gasteiger partial charge in [0, 0.05) is 37.3 Å². The fraction of sp³-hybridized carbons (Fsp3) is 0.353. The molecule has 1 saturated heterocycles. The van der Waals surface area contributed by atoms with Crippen LogP contribution in [0.5, 0.6) is 0 Å². The molecule has 0 atom stereocenters. The molecule has 0 unspecified atom stereocenters. The first-order chi connectivity index (χ1) is 10.8. The topological polar surface area (TPSA) is 54.5 Å². The highest BCUT2D eigenvalue weighted by Gasteiger charge is 2.15. The van der Waals surface area contributed by atoms with Gasteiger partial charge in [-0.3, -0.25) is 4.79 Å². The number of hydrogen-bond acceptors (Lipinski definition) is 4. The Kier molecular flexibility index (Phi) is 4.53. The molecule has 1 N–H and O–H groups in total. The molecule has 2 aromatic rings. The van der Waals surface area contributed by atoms with Crippen molar-refractivity contribution in [2.45, 2.75) is 6.42 Å². The lowest BCUT2D eigenvalue weighted by molar-refractivity contribution is 0.0923. The van der Waals surface area contributed by atoms with Crippen LogP contribution in [0.1, 0.15) is 16.9 Å². The number of fused-ring (bicyclic) bond motifs is 1. The van der Waals surface area contributed by atoms with Crippen LogP contribution < -0.4 is 10.2 Å². The number of ether oxygens (including phenoxy) is 1. The highest BCUT2D eigenvalue weighted by atomic mass is 16.5. The number of pyridine rings is 1. The summed E-state index contributed by atoms with van der Waals surface area (Å²) in [5.41, 5.74) is 2.49. The molecule has 1 fully saturated rings. The molecule has 5 nitrogen and oxygen atoms in total. The summed E-state index contributed by atoms with van der Waals surface area (Å²) in [4.78, 5) is 18.8. The molecule has 1 aromatic heterocycles. The number of benzene rings is 1. The molecule has 3 rings (SSSR count). The number of amides is 1. The van der Waals surface area contributed by atoms with Crippen molar-refractivity contribution in [2.75, 3.05) is 37.7 Å². The number of carbonyl (C=O) groups is 1. The molecule has 1 aromatic carbocycles. The van der Waals surface area contributed by atoms with Gasteiger partial charge in [0.1, 0.15) is 5.69 Å². The average molecular weight is 298 g/mol. The Morgan fingerprint density at radius 2 is 2.18 bits per heavy atom. The highest BCUT2D eigenvalue weighted by molar-refractivity contribution is 5.95. The van der Waals surface area contributed by atoms with Gasteiger partial charge in [-0.1, -0.05) is 6.07 Å². The Labute approximate surface area is 130 Å². The molecule has 2 heterocycles. The third-order valence-electron chi connectivity index (χ3n) is 3.80. The lowest BCUT2D eigenvalue weighted by Gasteiger charge is -2.33. The number of aromatic nitrogens is 1. The van der Waals surface area contributed by atoms with Crippen molar-refractivity contribution in [1.29, 1.82) is 0 Å². The van der Waals surface area contributed by atoms with Crippen molar-refractivity contribution < 1.29 is 9.53 Å². The number of rotatable bonds is 6. The van der Waals surface area contributed by atoms with E-state index in [1.807, 2.05) is 12.1 Å². The smallest absolute Gasteiger partial charge is 0.269 e. The number of nitrogens with zero attached hydrogens (tertiary/aromatic N) is 2. The van der Waals surface area contributed by atoms with E-state index in [1.54, 1.807) is 6.07 Å². The van der Waals surface area contributed by atoms with E-state index >= 15 is 0 Å². The molecular formula is C17H20N3O2. The molecular weight excluding hydrogens is 278 g/mol. The van der Waals surface area contributed by atoms with Crippen LogP contribution in [0.2, 0.25) is 0 Å². The molecule has 0 saturated carbocycles. The summed E-state index contributed by atoms with van der Waals surface area (Å²) in [6.45, 7) is 7.14. The predicted molar refractivity (Wildman–Crippen MR) is 87.1 cm³/mol. The van der Waals surface area contributed by atoms with Crippen LogP contribution in [0.3, 0.4) is 0 Å². The van der Waals surface area contributed by atoms with Crippen LogP contribution in [0.4, 0.5) is 5.69 Å². The molecule has 1 aliphatic heterocycles. The molecule has 1 radical (unpaired) electrons. The molecule has 0 bridgehead atoms. The SMILES string of the molecule is [CH2]COCCNC(=O)c1ccc2cc(N3CCC3)ccc2n1. The van der Waals surface area contributed by atoms with Crippen LogP contribution in [-0.4, -0.2) is 43.7 Å². The fourth-order valence-electron chi connectivity index (χ4n) is 2.44.